The summed E-state index contributed by atoms with van der Waals surface area (Å²) in [6.45, 7) is 8.34. The van der Waals surface area contributed by atoms with Crippen LogP contribution in [0.3, 0.4) is 0 Å². The van der Waals surface area contributed by atoms with Crippen LogP contribution in [0.2, 0.25) is 0 Å². The minimum absolute atomic E-state index is 0.00661. The zero-order valence-electron chi connectivity index (χ0n) is 24.3. The molecule has 12 heteroatoms. The molecule has 222 valence electrons. The van der Waals surface area contributed by atoms with Gasteiger partial charge in [-0.2, -0.15) is 5.10 Å². The largest absolute Gasteiger partial charge is 0.444 e. The van der Waals surface area contributed by atoms with E-state index >= 15 is 0 Å². The predicted octanol–water partition coefficient (Wildman–Crippen LogP) is 4.50. The van der Waals surface area contributed by atoms with Crippen molar-refractivity contribution in [1.29, 1.82) is 0 Å². The molecule has 3 heterocycles. The number of nitrogens with one attached hydrogen (secondary N) is 2. The number of piperidine rings is 1. The third-order valence-corrected chi connectivity index (χ3v) is 7.39. The van der Waals surface area contributed by atoms with E-state index in [0.717, 1.165) is 12.8 Å². The summed E-state index contributed by atoms with van der Waals surface area (Å²) in [6.07, 6.45) is 7.38. The van der Waals surface area contributed by atoms with Crippen LogP contribution in [-0.4, -0.2) is 78.6 Å². The molecular formula is C30H36FN7O4. The Bertz CT molecular complexity index is 1430. The first-order chi connectivity index (χ1) is 20.0. The van der Waals surface area contributed by atoms with Crippen LogP contribution in [0.1, 0.15) is 85.8 Å². The molecule has 1 aliphatic heterocycles. The second kappa shape index (κ2) is 11.9. The van der Waals surface area contributed by atoms with Crippen LogP contribution >= 0.6 is 0 Å². The Morgan fingerprint density at radius 2 is 1.74 bits per heavy atom. The first-order valence-corrected chi connectivity index (χ1v) is 14.2. The monoisotopic (exact) mass is 577 g/mol. The van der Waals surface area contributed by atoms with E-state index in [1.54, 1.807) is 30.2 Å². The van der Waals surface area contributed by atoms with Gasteiger partial charge in [0, 0.05) is 49.3 Å². The van der Waals surface area contributed by atoms with Crippen molar-refractivity contribution < 1.29 is 23.5 Å². The first-order valence-electron chi connectivity index (χ1n) is 14.2. The molecule has 11 nitrogen and oxygen atoms in total. The summed E-state index contributed by atoms with van der Waals surface area (Å²) in [5, 5.41) is 9.38. The number of rotatable bonds is 7. The molecule has 0 spiro atoms. The zero-order chi connectivity index (χ0) is 30.0. The molecule has 0 radical (unpaired) electrons. The number of aromatic nitrogens is 4. The van der Waals surface area contributed by atoms with E-state index in [9.17, 15) is 18.8 Å². The number of carbonyl (C=O) groups excluding carboxylic acids is 3. The Balaban J connectivity index is 1.22. The molecule has 3 aromatic rings. The topological polar surface area (TPSA) is 133 Å². The van der Waals surface area contributed by atoms with Gasteiger partial charge in [-0.1, -0.05) is 6.07 Å². The third-order valence-electron chi connectivity index (χ3n) is 7.39. The summed E-state index contributed by atoms with van der Waals surface area (Å²) in [5.74, 6) is -1.17. The standard InChI is InChI=1S/C30H36FN7O4/c1-18(25-9-12-34-36-25)35-27(39)23-8-5-19(15-24(23)31)26-32-16-20(17-33-26)28(40)38(21-6-7-21)22-10-13-37(14-11-22)29(41)42-30(2,3)4/h5,8-9,12,15-18,21-22H,6-7,10-11,13-14H2,1-4H3,(H,34,36)(H,35,39). The number of H-pyrrole nitrogens is 1. The second-order valence-electron chi connectivity index (χ2n) is 11.8. The lowest BCUT2D eigenvalue weighted by Gasteiger charge is -2.39. The van der Waals surface area contributed by atoms with Gasteiger partial charge in [0.15, 0.2) is 5.82 Å². The maximum Gasteiger partial charge on any atom is 0.410 e. The Morgan fingerprint density at radius 3 is 2.31 bits per heavy atom. The SMILES string of the molecule is CC(NC(=O)c1ccc(-c2ncc(C(=O)N(C3CC3)C3CCN(C(=O)OC(C)(C)C)CC3)cn2)cc1F)c1ccn[nH]1. The Labute approximate surface area is 243 Å². The molecule has 1 atom stereocenters. The highest BCUT2D eigenvalue weighted by Crippen LogP contribution is 2.33. The fraction of sp³-hybridized carbons (Fsp3) is 0.467. The summed E-state index contributed by atoms with van der Waals surface area (Å²) in [6, 6.07) is 5.70. The van der Waals surface area contributed by atoms with Crippen molar-refractivity contribution in [2.24, 2.45) is 0 Å². The molecule has 5 rings (SSSR count). The fourth-order valence-corrected chi connectivity index (χ4v) is 5.07. The molecule has 3 amide bonds. The van der Waals surface area contributed by atoms with E-state index in [1.807, 2.05) is 25.7 Å². The molecule has 0 bridgehead atoms. The number of aromatic amines is 1. The van der Waals surface area contributed by atoms with Crippen LogP contribution in [0.4, 0.5) is 9.18 Å². The number of carbonyl (C=O) groups is 3. The minimum atomic E-state index is -0.705. The van der Waals surface area contributed by atoms with Crippen molar-refractivity contribution in [2.45, 2.75) is 77.1 Å². The number of hydrogen-bond donors (Lipinski definition) is 2. The second-order valence-corrected chi connectivity index (χ2v) is 11.8. The van der Waals surface area contributed by atoms with E-state index in [4.69, 9.17) is 4.74 Å². The maximum atomic E-state index is 14.9. The van der Waals surface area contributed by atoms with Crippen molar-refractivity contribution in [3.05, 3.63) is 65.5 Å². The van der Waals surface area contributed by atoms with Crippen molar-refractivity contribution in [3.63, 3.8) is 0 Å². The number of halogens is 1. The lowest BCUT2D eigenvalue weighted by atomic mass is 10.0. The number of likely N-dealkylation sites (tertiary alicyclic amines) is 1. The first kappa shape index (κ1) is 29.2. The Kier molecular flexibility index (Phi) is 8.24. The normalized spacial score (nSPS) is 16.5. The number of benzene rings is 1. The highest BCUT2D eigenvalue weighted by Gasteiger charge is 2.40. The third kappa shape index (κ3) is 6.75. The summed E-state index contributed by atoms with van der Waals surface area (Å²) in [4.78, 5) is 50.9. The smallest absolute Gasteiger partial charge is 0.410 e. The summed E-state index contributed by atoms with van der Waals surface area (Å²) in [7, 11) is 0. The van der Waals surface area contributed by atoms with Crippen molar-refractivity contribution in [3.8, 4) is 11.4 Å². The number of nitrogens with zero attached hydrogens (tertiary/aromatic N) is 5. The van der Waals surface area contributed by atoms with Gasteiger partial charge >= 0.3 is 6.09 Å². The van der Waals surface area contributed by atoms with Crippen LogP contribution in [0.25, 0.3) is 11.4 Å². The average Bonchev–Trinajstić information content (AvgIpc) is 3.62. The van der Waals surface area contributed by atoms with Gasteiger partial charge in [0.1, 0.15) is 11.4 Å². The minimum Gasteiger partial charge on any atom is -0.444 e. The van der Waals surface area contributed by atoms with Gasteiger partial charge in [-0.25, -0.2) is 19.2 Å². The molecule has 42 heavy (non-hydrogen) atoms. The van der Waals surface area contributed by atoms with E-state index in [-0.39, 0.29) is 41.5 Å². The van der Waals surface area contributed by atoms with Crippen LogP contribution in [0.5, 0.6) is 0 Å². The van der Waals surface area contributed by atoms with Gasteiger partial charge in [-0.3, -0.25) is 14.7 Å². The lowest BCUT2D eigenvalue weighted by molar-refractivity contribution is 0.0142. The maximum absolute atomic E-state index is 14.9. The number of amides is 3. The lowest BCUT2D eigenvalue weighted by Crippen LogP contribution is -2.50. The van der Waals surface area contributed by atoms with Crippen LogP contribution in [0, 0.1) is 5.82 Å². The van der Waals surface area contributed by atoms with Crippen molar-refractivity contribution in [1.82, 2.24) is 35.3 Å². The quantitative estimate of drug-likeness (QED) is 0.422. The van der Waals surface area contributed by atoms with E-state index in [0.29, 0.717) is 42.8 Å². The molecule has 2 N–H and O–H groups in total. The Morgan fingerprint density at radius 1 is 1.07 bits per heavy atom. The van der Waals surface area contributed by atoms with Gasteiger partial charge in [-0.05, 0) is 71.6 Å². The predicted molar refractivity (Wildman–Crippen MR) is 152 cm³/mol. The highest BCUT2D eigenvalue weighted by atomic mass is 19.1. The van der Waals surface area contributed by atoms with Gasteiger partial charge in [0.2, 0.25) is 0 Å². The van der Waals surface area contributed by atoms with Gasteiger partial charge in [0.25, 0.3) is 11.8 Å². The summed E-state index contributed by atoms with van der Waals surface area (Å²) >= 11 is 0. The molecule has 1 saturated carbocycles. The van der Waals surface area contributed by atoms with E-state index in [2.05, 4.69) is 25.5 Å². The molecule has 2 fully saturated rings. The Hall–Kier alpha value is -4.35. The molecule has 2 aromatic heterocycles. The van der Waals surface area contributed by atoms with Crippen LogP contribution in [-0.2, 0) is 4.74 Å². The number of hydrogen-bond acceptors (Lipinski definition) is 7. The van der Waals surface area contributed by atoms with Gasteiger partial charge in [0.05, 0.1) is 22.9 Å². The van der Waals surface area contributed by atoms with Gasteiger partial charge in [-0.15, -0.1) is 0 Å². The zero-order valence-corrected chi connectivity index (χ0v) is 24.3. The number of ether oxygens (including phenoxy) is 1. The molecule has 1 aliphatic carbocycles. The van der Waals surface area contributed by atoms with Crippen molar-refractivity contribution >= 4 is 17.9 Å². The molecule has 2 aliphatic rings. The molecule has 1 unspecified atom stereocenters. The summed E-state index contributed by atoms with van der Waals surface area (Å²) in [5.41, 5.74) is 0.783. The molecule has 1 aromatic carbocycles. The summed E-state index contributed by atoms with van der Waals surface area (Å²) < 4.78 is 20.4. The van der Waals surface area contributed by atoms with Gasteiger partial charge < -0.3 is 19.9 Å². The van der Waals surface area contributed by atoms with E-state index < -0.39 is 17.3 Å². The van der Waals surface area contributed by atoms with Crippen LogP contribution < -0.4 is 5.32 Å². The molecule has 1 saturated heterocycles. The van der Waals surface area contributed by atoms with Crippen molar-refractivity contribution in [2.75, 3.05) is 13.1 Å². The highest BCUT2D eigenvalue weighted by molar-refractivity contribution is 5.95. The average molecular weight is 578 g/mol. The molecular weight excluding hydrogens is 541 g/mol. The van der Waals surface area contributed by atoms with E-state index in [1.165, 1.54) is 24.5 Å². The fourth-order valence-electron chi connectivity index (χ4n) is 5.07. The van der Waals surface area contributed by atoms with Crippen LogP contribution in [0.15, 0.2) is 42.9 Å².